The summed E-state index contributed by atoms with van der Waals surface area (Å²) in [5.74, 6) is 0.722. The summed E-state index contributed by atoms with van der Waals surface area (Å²) >= 11 is 5.88. The SMILES string of the molecule is CNCC(C)CNC(=O)c1cc(Cl)ccc1OC. The molecular formula is C13H19ClN2O2. The first-order chi connectivity index (χ1) is 8.58. The number of nitrogens with one attached hydrogen (secondary N) is 2. The third-order valence-electron chi connectivity index (χ3n) is 2.57. The van der Waals surface area contributed by atoms with E-state index in [0.29, 0.717) is 28.8 Å². The molecule has 2 N–H and O–H groups in total. The molecule has 4 nitrogen and oxygen atoms in total. The maximum Gasteiger partial charge on any atom is 0.255 e. The predicted octanol–water partition coefficient (Wildman–Crippen LogP) is 1.93. The summed E-state index contributed by atoms with van der Waals surface area (Å²) in [7, 11) is 3.42. The Morgan fingerprint density at radius 1 is 1.44 bits per heavy atom. The maximum atomic E-state index is 12.0. The van der Waals surface area contributed by atoms with Crippen molar-refractivity contribution in [3.05, 3.63) is 28.8 Å². The number of benzene rings is 1. The molecule has 1 aromatic carbocycles. The van der Waals surface area contributed by atoms with Crippen LogP contribution in [-0.2, 0) is 0 Å². The number of halogens is 1. The third kappa shape index (κ3) is 4.20. The van der Waals surface area contributed by atoms with Gasteiger partial charge in [-0.3, -0.25) is 4.79 Å². The van der Waals surface area contributed by atoms with Gasteiger partial charge in [0, 0.05) is 11.6 Å². The van der Waals surface area contributed by atoms with Crippen molar-refractivity contribution in [2.45, 2.75) is 6.92 Å². The molecule has 1 amide bonds. The molecule has 0 saturated carbocycles. The van der Waals surface area contributed by atoms with Gasteiger partial charge in [0.1, 0.15) is 5.75 Å². The lowest BCUT2D eigenvalue weighted by Gasteiger charge is -2.13. The molecule has 0 spiro atoms. The highest BCUT2D eigenvalue weighted by molar-refractivity contribution is 6.31. The van der Waals surface area contributed by atoms with Gasteiger partial charge < -0.3 is 15.4 Å². The summed E-state index contributed by atoms with van der Waals surface area (Å²) in [6, 6.07) is 4.99. The van der Waals surface area contributed by atoms with Gasteiger partial charge in [0.2, 0.25) is 0 Å². The van der Waals surface area contributed by atoms with E-state index in [1.165, 1.54) is 7.11 Å². The standard InChI is InChI=1S/C13H19ClN2O2/c1-9(7-15-2)8-16-13(17)11-6-10(14)4-5-12(11)18-3/h4-6,9,15H,7-8H2,1-3H3,(H,16,17). The summed E-state index contributed by atoms with van der Waals surface area (Å²) in [5.41, 5.74) is 0.460. The first kappa shape index (κ1) is 14.8. The average molecular weight is 271 g/mol. The first-order valence-electron chi connectivity index (χ1n) is 5.84. The quantitative estimate of drug-likeness (QED) is 0.831. The Balaban J connectivity index is 2.68. The number of carbonyl (C=O) groups excluding carboxylic acids is 1. The van der Waals surface area contributed by atoms with Crippen molar-refractivity contribution in [1.82, 2.24) is 10.6 Å². The number of ether oxygens (including phenoxy) is 1. The topological polar surface area (TPSA) is 50.4 Å². The molecule has 18 heavy (non-hydrogen) atoms. The van der Waals surface area contributed by atoms with Crippen molar-refractivity contribution in [1.29, 1.82) is 0 Å². The van der Waals surface area contributed by atoms with Crippen molar-refractivity contribution in [3.8, 4) is 5.75 Å². The highest BCUT2D eigenvalue weighted by atomic mass is 35.5. The van der Waals surface area contributed by atoms with E-state index in [4.69, 9.17) is 16.3 Å². The normalized spacial score (nSPS) is 12.0. The highest BCUT2D eigenvalue weighted by Crippen LogP contribution is 2.22. The summed E-state index contributed by atoms with van der Waals surface area (Å²) in [5, 5.41) is 6.45. The molecule has 0 saturated heterocycles. The van der Waals surface area contributed by atoms with E-state index in [9.17, 15) is 4.79 Å². The second-order valence-corrected chi connectivity index (χ2v) is 4.65. The predicted molar refractivity (Wildman–Crippen MR) is 73.4 cm³/mol. The third-order valence-corrected chi connectivity index (χ3v) is 2.80. The Bertz CT molecular complexity index is 410. The van der Waals surface area contributed by atoms with Crippen molar-refractivity contribution in [2.24, 2.45) is 5.92 Å². The number of carbonyl (C=O) groups is 1. The van der Waals surface area contributed by atoms with Crippen molar-refractivity contribution >= 4 is 17.5 Å². The van der Waals surface area contributed by atoms with Crippen LogP contribution in [0.5, 0.6) is 5.75 Å². The van der Waals surface area contributed by atoms with Gasteiger partial charge in [-0.05, 0) is 37.7 Å². The van der Waals surface area contributed by atoms with Crippen LogP contribution in [0, 0.1) is 5.92 Å². The average Bonchev–Trinajstić information content (AvgIpc) is 2.36. The zero-order valence-corrected chi connectivity index (χ0v) is 11.7. The smallest absolute Gasteiger partial charge is 0.255 e. The number of hydrogen-bond acceptors (Lipinski definition) is 3. The molecule has 5 heteroatoms. The minimum absolute atomic E-state index is 0.169. The Labute approximate surface area is 113 Å². The number of rotatable bonds is 6. The van der Waals surface area contributed by atoms with Gasteiger partial charge in [0.25, 0.3) is 5.91 Å². The van der Waals surface area contributed by atoms with Crippen LogP contribution < -0.4 is 15.4 Å². The lowest BCUT2D eigenvalue weighted by atomic mass is 10.1. The highest BCUT2D eigenvalue weighted by Gasteiger charge is 2.13. The Morgan fingerprint density at radius 3 is 2.78 bits per heavy atom. The lowest BCUT2D eigenvalue weighted by Crippen LogP contribution is -2.32. The maximum absolute atomic E-state index is 12.0. The molecular weight excluding hydrogens is 252 g/mol. The number of hydrogen-bond donors (Lipinski definition) is 2. The molecule has 0 aromatic heterocycles. The zero-order chi connectivity index (χ0) is 13.5. The molecule has 0 bridgehead atoms. The first-order valence-corrected chi connectivity index (χ1v) is 6.22. The van der Waals surface area contributed by atoms with E-state index in [1.807, 2.05) is 7.05 Å². The molecule has 0 aliphatic rings. The van der Waals surface area contributed by atoms with Crippen molar-refractivity contribution in [2.75, 3.05) is 27.2 Å². The molecule has 0 fully saturated rings. The summed E-state index contributed by atoms with van der Waals surface area (Å²) < 4.78 is 5.14. The number of amides is 1. The van der Waals surface area contributed by atoms with E-state index >= 15 is 0 Å². The monoisotopic (exact) mass is 270 g/mol. The number of methoxy groups -OCH3 is 1. The largest absolute Gasteiger partial charge is 0.496 e. The second-order valence-electron chi connectivity index (χ2n) is 4.22. The van der Waals surface area contributed by atoms with Gasteiger partial charge in [0.05, 0.1) is 12.7 Å². The molecule has 0 aliphatic carbocycles. The van der Waals surface area contributed by atoms with Crippen LogP contribution in [0.3, 0.4) is 0 Å². The van der Waals surface area contributed by atoms with Gasteiger partial charge in [-0.25, -0.2) is 0 Å². The van der Waals surface area contributed by atoms with Gasteiger partial charge in [-0.2, -0.15) is 0 Å². The lowest BCUT2D eigenvalue weighted by molar-refractivity contribution is 0.0945. The Kier molecular flexibility index (Phi) is 5.95. The van der Waals surface area contributed by atoms with Gasteiger partial charge in [-0.15, -0.1) is 0 Å². The second kappa shape index (κ2) is 7.24. The van der Waals surface area contributed by atoms with Crippen LogP contribution >= 0.6 is 11.6 Å². The van der Waals surface area contributed by atoms with Gasteiger partial charge in [-0.1, -0.05) is 18.5 Å². The van der Waals surface area contributed by atoms with Crippen molar-refractivity contribution in [3.63, 3.8) is 0 Å². The molecule has 1 unspecified atom stereocenters. The van der Waals surface area contributed by atoms with Crippen LogP contribution in [0.2, 0.25) is 5.02 Å². The Morgan fingerprint density at radius 2 is 2.17 bits per heavy atom. The molecule has 1 atom stereocenters. The molecule has 0 radical (unpaired) electrons. The fourth-order valence-corrected chi connectivity index (χ4v) is 1.81. The molecule has 1 rings (SSSR count). The van der Waals surface area contributed by atoms with Crippen LogP contribution in [-0.4, -0.2) is 33.2 Å². The fourth-order valence-electron chi connectivity index (χ4n) is 1.64. The van der Waals surface area contributed by atoms with E-state index in [-0.39, 0.29) is 5.91 Å². The van der Waals surface area contributed by atoms with E-state index < -0.39 is 0 Å². The molecule has 100 valence electrons. The molecule has 1 aromatic rings. The summed E-state index contributed by atoms with van der Waals surface area (Å²) in [6.45, 7) is 3.52. The fraction of sp³-hybridized carbons (Fsp3) is 0.462. The molecule has 0 aliphatic heterocycles. The van der Waals surface area contributed by atoms with Crippen LogP contribution in [0.4, 0.5) is 0 Å². The zero-order valence-electron chi connectivity index (χ0n) is 10.9. The van der Waals surface area contributed by atoms with E-state index in [0.717, 1.165) is 6.54 Å². The van der Waals surface area contributed by atoms with E-state index in [1.54, 1.807) is 18.2 Å². The summed E-state index contributed by atoms with van der Waals surface area (Å²) in [4.78, 5) is 12.0. The summed E-state index contributed by atoms with van der Waals surface area (Å²) in [6.07, 6.45) is 0. The van der Waals surface area contributed by atoms with Crippen molar-refractivity contribution < 1.29 is 9.53 Å². The van der Waals surface area contributed by atoms with Crippen LogP contribution in [0.15, 0.2) is 18.2 Å². The minimum Gasteiger partial charge on any atom is -0.496 e. The van der Waals surface area contributed by atoms with Gasteiger partial charge in [0.15, 0.2) is 0 Å². The van der Waals surface area contributed by atoms with Gasteiger partial charge >= 0.3 is 0 Å². The Hall–Kier alpha value is -1.26. The minimum atomic E-state index is -0.169. The van der Waals surface area contributed by atoms with Crippen LogP contribution in [0.1, 0.15) is 17.3 Å². The van der Waals surface area contributed by atoms with E-state index in [2.05, 4.69) is 17.6 Å². The van der Waals surface area contributed by atoms with Crippen LogP contribution in [0.25, 0.3) is 0 Å². The molecule has 0 heterocycles.